The molecule has 0 aromatic rings. The first-order valence-corrected chi connectivity index (χ1v) is 5.00. The Balaban J connectivity index is 2.66. The molecule has 0 aromatic carbocycles. The summed E-state index contributed by atoms with van der Waals surface area (Å²) >= 11 is 0. The lowest BCUT2D eigenvalue weighted by molar-refractivity contribution is -0.558. The van der Waals surface area contributed by atoms with Crippen molar-refractivity contribution < 1.29 is 14.5 Å². The van der Waals surface area contributed by atoms with Gasteiger partial charge in [-0.15, -0.1) is 0 Å². The van der Waals surface area contributed by atoms with Gasteiger partial charge >= 0.3 is 5.97 Å². The van der Waals surface area contributed by atoms with Crippen molar-refractivity contribution in [2.75, 3.05) is 7.11 Å². The van der Waals surface area contributed by atoms with Crippen molar-refractivity contribution >= 4 is 5.97 Å². The zero-order chi connectivity index (χ0) is 11.3. The zero-order valence-electron chi connectivity index (χ0n) is 8.77. The maximum Gasteiger partial charge on any atom is 0.305 e. The van der Waals surface area contributed by atoms with Gasteiger partial charge in [0.25, 0.3) is 0 Å². The second-order valence-corrected chi connectivity index (χ2v) is 3.73. The monoisotopic (exact) mass is 213 g/mol. The van der Waals surface area contributed by atoms with Gasteiger partial charge in [-0.25, -0.2) is 0 Å². The van der Waals surface area contributed by atoms with Gasteiger partial charge < -0.3 is 4.74 Å². The van der Waals surface area contributed by atoms with E-state index in [1.54, 1.807) is 6.08 Å². The molecule has 15 heavy (non-hydrogen) atoms. The molecule has 0 heterocycles. The summed E-state index contributed by atoms with van der Waals surface area (Å²) in [5.74, 6) is -0.393. The van der Waals surface area contributed by atoms with Gasteiger partial charge in [-0.1, -0.05) is 6.08 Å². The molecule has 0 aliphatic heterocycles. The van der Waals surface area contributed by atoms with Gasteiger partial charge in [0.15, 0.2) is 0 Å². The first-order chi connectivity index (χ1) is 7.10. The lowest BCUT2D eigenvalue weighted by Gasteiger charge is -2.24. The van der Waals surface area contributed by atoms with Crippen LogP contribution in [0.1, 0.15) is 32.1 Å². The van der Waals surface area contributed by atoms with E-state index in [9.17, 15) is 14.9 Å². The van der Waals surface area contributed by atoms with Gasteiger partial charge in [-0.05, 0) is 18.9 Å². The third-order valence-electron chi connectivity index (χ3n) is 2.76. The minimum absolute atomic E-state index is 0.0990. The van der Waals surface area contributed by atoms with Gasteiger partial charge in [0.2, 0.25) is 5.54 Å². The van der Waals surface area contributed by atoms with E-state index in [0.29, 0.717) is 6.42 Å². The van der Waals surface area contributed by atoms with Crippen LogP contribution in [0.4, 0.5) is 0 Å². The van der Waals surface area contributed by atoms with E-state index in [1.165, 1.54) is 7.11 Å². The van der Waals surface area contributed by atoms with Gasteiger partial charge in [-0.3, -0.25) is 14.9 Å². The fraction of sp³-hybridized carbons (Fsp3) is 0.700. The molecule has 0 radical (unpaired) electrons. The molecule has 5 nitrogen and oxygen atoms in total. The molecule has 1 aliphatic carbocycles. The Morgan fingerprint density at radius 2 is 2.40 bits per heavy atom. The summed E-state index contributed by atoms with van der Waals surface area (Å²) in [6.07, 6.45) is 5.97. The molecule has 0 amide bonds. The molecule has 5 heteroatoms. The van der Waals surface area contributed by atoms with Crippen LogP contribution in [0, 0.1) is 10.1 Å². The summed E-state index contributed by atoms with van der Waals surface area (Å²) in [5, 5.41) is 11.0. The summed E-state index contributed by atoms with van der Waals surface area (Å²) in [6, 6.07) is 0. The molecule has 84 valence electrons. The lowest BCUT2D eigenvalue weighted by Crippen LogP contribution is -2.38. The highest BCUT2D eigenvalue weighted by molar-refractivity contribution is 5.69. The summed E-state index contributed by atoms with van der Waals surface area (Å²) in [7, 11) is 1.29. The SMILES string of the molecule is COC(=O)CC[C@]1([N+](=O)[O-])C=CCCC1. The average molecular weight is 213 g/mol. The second-order valence-electron chi connectivity index (χ2n) is 3.73. The number of ether oxygens (including phenoxy) is 1. The van der Waals surface area contributed by atoms with Crippen LogP contribution in [0.15, 0.2) is 12.2 Å². The molecule has 0 saturated heterocycles. The first-order valence-electron chi connectivity index (χ1n) is 5.00. The number of carbonyl (C=O) groups is 1. The Hall–Kier alpha value is -1.39. The minimum Gasteiger partial charge on any atom is -0.469 e. The van der Waals surface area contributed by atoms with E-state index in [-0.39, 0.29) is 17.8 Å². The number of methoxy groups -OCH3 is 1. The molecular formula is C10H15NO4. The minimum atomic E-state index is -1.05. The Bertz CT molecular complexity index is 287. The summed E-state index contributed by atoms with van der Waals surface area (Å²) in [4.78, 5) is 21.6. The van der Waals surface area contributed by atoms with Crippen LogP contribution in [0.2, 0.25) is 0 Å². The molecule has 0 N–H and O–H groups in total. The molecule has 0 saturated carbocycles. The van der Waals surface area contributed by atoms with E-state index >= 15 is 0 Å². The van der Waals surface area contributed by atoms with Crippen molar-refractivity contribution in [3.8, 4) is 0 Å². The molecule has 0 bridgehead atoms. The molecule has 1 rings (SSSR count). The van der Waals surface area contributed by atoms with Crippen molar-refractivity contribution in [2.45, 2.75) is 37.6 Å². The number of rotatable bonds is 4. The van der Waals surface area contributed by atoms with Crippen LogP contribution >= 0.6 is 0 Å². The summed E-state index contributed by atoms with van der Waals surface area (Å²) in [5.41, 5.74) is -1.05. The molecule has 0 unspecified atom stereocenters. The average Bonchev–Trinajstić information content (AvgIpc) is 2.27. The second kappa shape index (κ2) is 4.91. The number of hydrogen-bond donors (Lipinski definition) is 0. The van der Waals surface area contributed by atoms with Crippen molar-refractivity contribution in [1.82, 2.24) is 0 Å². The van der Waals surface area contributed by atoms with E-state index in [0.717, 1.165) is 12.8 Å². The summed E-state index contributed by atoms with van der Waals surface area (Å²) in [6.45, 7) is 0. The van der Waals surface area contributed by atoms with Gasteiger partial charge in [0.1, 0.15) is 0 Å². The molecule has 0 fully saturated rings. The van der Waals surface area contributed by atoms with Crippen LogP contribution in [-0.4, -0.2) is 23.5 Å². The quantitative estimate of drug-likeness (QED) is 0.308. The predicted octanol–water partition coefficient (Wildman–Crippen LogP) is 1.70. The van der Waals surface area contributed by atoms with Crippen LogP contribution in [0.25, 0.3) is 0 Å². The van der Waals surface area contributed by atoms with Gasteiger partial charge in [-0.2, -0.15) is 0 Å². The molecule has 1 atom stereocenters. The number of allylic oxidation sites excluding steroid dienone is 1. The fourth-order valence-electron chi connectivity index (χ4n) is 1.78. The normalized spacial score (nSPS) is 24.9. The number of esters is 1. The van der Waals surface area contributed by atoms with Gasteiger partial charge in [0, 0.05) is 17.8 Å². The third-order valence-corrected chi connectivity index (χ3v) is 2.76. The number of carbonyl (C=O) groups excluding carboxylic acids is 1. The Morgan fingerprint density at radius 1 is 1.67 bits per heavy atom. The van der Waals surface area contributed by atoms with E-state index in [1.807, 2.05) is 6.08 Å². The molecule has 0 aromatic heterocycles. The first kappa shape index (κ1) is 11.7. The van der Waals surface area contributed by atoms with Crippen molar-refractivity contribution in [3.05, 3.63) is 22.3 Å². The Kier molecular flexibility index (Phi) is 3.82. The standard InChI is InChI=1S/C10H15NO4/c1-15-9(12)5-8-10(11(13)14)6-3-2-4-7-10/h3,6H,2,4-5,7-8H2,1H3/t10-/m0/s1. The number of nitro groups is 1. The smallest absolute Gasteiger partial charge is 0.305 e. The molecule has 0 spiro atoms. The van der Waals surface area contributed by atoms with Crippen molar-refractivity contribution in [1.29, 1.82) is 0 Å². The van der Waals surface area contributed by atoms with Gasteiger partial charge in [0.05, 0.1) is 13.5 Å². The van der Waals surface area contributed by atoms with Crippen LogP contribution < -0.4 is 0 Å². The largest absolute Gasteiger partial charge is 0.469 e. The van der Waals surface area contributed by atoms with Crippen LogP contribution in [0.5, 0.6) is 0 Å². The van der Waals surface area contributed by atoms with Crippen molar-refractivity contribution in [3.63, 3.8) is 0 Å². The Labute approximate surface area is 88.3 Å². The predicted molar refractivity (Wildman–Crippen MR) is 54.0 cm³/mol. The lowest BCUT2D eigenvalue weighted by atomic mass is 9.84. The van der Waals surface area contributed by atoms with E-state index in [2.05, 4.69) is 4.74 Å². The number of nitrogens with zero attached hydrogens (tertiary/aromatic N) is 1. The topological polar surface area (TPSA) is 69.4 Å². The van der Waals surface area contributed by atoms with E-state index < -0.39 is 11.5 Å². The van der Waals surface area contributed by atoms with Crippen LogP contribution in [-0.2, 0) is 9.53 Å². The van der Waals surface area contributed by atoms with Crippen molar-refractivity contribution in [2.24, 2.45) is 0 Å². The van der Waals surface area contributed by atoms with E-state index in [4.69, 9.17) is 0 Å². The maximum absolute atomic E-state index is 11.0. The highest BCUT2D eigenvalue weighted by Gasteiger charge is 2.40. The highest BCUT2D eigenvalue weighted by atomic mass is 16.6. The number of hydrogen-bond acceptors (Lipinski definition) is 4. The van der Waals surface area contributed by atoms with Crippen LogP contribution in [0.3, 0.4) is 0 Å². The summed E-state index contributed by atoms with van der Waals surface area (Å²) < 4.78 is 4.48. The fourth-order valence-corrected chi connectivity index (χ4v) is 1.78. The third kappa shape index (κ3) is 2.78. The Morgan fingerprint density at radius 3 is 2.87 bits per heavy atom. The highest BCUT2D eigenvalue weighted by Crippen LogP contribution is 2.29. The molecular weight excluding hydrogens is 198 g/mol. The molecule has 1 aliphatic rings. The zero-order valence-corrected chi connectivity index (χ0v) is 8.77. The maximum atomic E-state index is 11.0.